The van der Waals surface area contributed by atoms with E-state index >= 15 is 0 Å². The number of carbonyl (C=O) groups excluding carboxylic acids is 1. The van der Waals surface area contributed by atoms with E-state index in [9.17, 15) is 4.79 Å². The molecule has 2 rings (SSSR count). The Labute approximate surface area is 98.1 Å². The largest absolute Gasteiger partial charge is 0.462 e. The van der Waals surface area contributed by atoms with E-state index < -0.39 is 0 Å². The molecule has 0 bridgehead atoms. The molecule has 90 valence electrons. The second-order valence-corrected chi connectivity index (χ2v) is 5.15. The lowest BCUT2D eigenvalue weighted by Crippen LogP contribution is -2.28. The van der Waals surface area contributed by atoms with Crippen LogP contribution in [0.15, 0.2) is 12.2 Å². The van der Waals surface area contributed by atoms with Crippen molar-refractivity contribution in [2.24, 2.45) is 5.92 Å². The van der Waals surface area contributed by atoms with Gasteiger partial charge in [0.25, 0.3) is 0 Å². The summed E-state index contributed by atoms with van der Waals surface area (Å²) in [6, 6.07) is 0. The van der Waals surface area contributed by atoms with Crippen molar-refractivity contribution in [3.63, 3.8) is 0 Å². The SMILES string of the molecule is C=C1CCCCC1C(=O)OC1CCCCC1. The highest BCUT2D eigenvalue weighted by Gasteiger charge is 2.28. The molecular weight excluding hydrogens is 200 g/mol. The maximum atomic E-state index is 12.0. The van der Waals surface area contributed by atoms with E-state index in [2.05, 4.69) is 6.58 Å². The van der Waals surface area contributed by atoms with Crippen LogP contribution in [0, 0.1) is 5.92 Å². The number of hydrogen-bond donors (Lipinski definition) is 0. The Bertz CT molecular complexity index is 264. The minimum atomic E-state index is -0.00400. The van der Waals surface area contributed by atoms with E-state index in [1.165, 1.54) is 25.7 Å². The third-order valence-corrected chi connectivity index (χ3v) is 3.85. The molecule has 2 heteroatoms. The van der Waals surface area contributed by atoms with Crippen LogP contribution in [0.1, 0.15) is 57.8 Å². The highest BCUT2D eigenvalue weighted by Crippen LogP contribution is 2.30. The first-order valence-corrected chi connectivity index (χ1v) is 6.65. The predicted octanol–water partition coefficient (Wildman–Crippen LogP) is 3.61. The summed E-state index contributed by atoms with van der Waals surface area (Å²) in [6.07, 6.45) is 10.3. The fraction of sp³-hybridized carbons (Fsp3) is 0.786. The minimum absolute atomic E-state index is 0.00315. The second kappa shape index (κ2) is 5.51. The van der Waals surface area contributed by atoms with E-state index in [1.807, 2.05) is 0 Å². The molecule has 0 saturated heterocycles. The lowest BCUT2D eigenvalue weighted by Gasteiger charge is -2.27. The van der Waals surface area contributed by atoms with E-state index in [-0.39, 0.29) is 18.0 Å². The summed E-state index contributed by atoms with van der Waals surface area (Å²) in [5, 5.41) is 0. The molecule has 0 N–H and O–H groups in total. The van der Waals surface area contributed by atoms with Crippen LogP contribution in [0.25, 0.3) is 0 Å². The Balaban J connectivity index is 1.83. The molecule has 0 heterocycles. The summed E-state index contributed by atoms with van der Waals surface area (Å²) in [5.41, 5.74) is 1.09. The smallest absolute Gasteiger partial charge is 0.313 e. The van der Waals surface area contributed by atoms with Crippen LogP contribution in [0.2, 0.25) is 0 Å². The van der Waals surface area contributed by atoms with Gasteiger partial charge in [-0.2, -0.15) is 0 Å². The van der Waals surface area contributed by atoms with Crippen molar-refractivity contribution < 1.29 is 9.53 Å². The molecule has 2 saturated carbocycles. The number of rotatable bonds is 2. The third kappa shape index (κ3) is 2.87. The van der Waals surface area contributed by atoms with Crippen molar-refractivity contribution in [1.29, 1.82) is 0 Å². The molecular formula is C14H22O2. The zero-order valence-corrected chi connectivity index (χ0v) is 10.0. The standard InChI is InChI=1S/C14H22O2/c1-11-7-5-6-10-13(11)14(15)16-12-8-3-2-4-9-12/h12-13H,1-10H2. The second-order valence-electron chi connectivity index (χ2n) is 5.15. The molecule has 16 heavy (non-hydrogen) atoms. The number of hydrogen-bond acceptors (Lipinski definition) is 2. The molecule has 0 aromatic heterocycles. The first kappa shape index (κ1) is 11.7. The molecule has 1 unspecified atom stereocenters. The van der Waals surface area contributed by atoms with Gasteiger partial charge in [0.05, 0.1) is 5.92 Å². The molecule has 2 nitrogen and oxygen atoms in total. The van der Waals surface area contributed by atoms with Gasteiger partial charge in [0, 0.05) is 0 Å². The van der Waals surface area contributed by atoms with Gasteiger partial charge < -0.3 is 4.74 Å². The van der Waals surface area contributed by atoms with Gasteiger partial charge in [-0.15, -0.1) is 0 Å². The first-order chi connectivity index (χ1) is 7.77. The van der Waals surface area contributed by atoms with Crippen LogP contribution in [0.5, 0.6) is 0 Å². The maximum absolute atomic E-state index is 12.0. The quantitative estimate of drug-likeness (QED) is 0.527. The van der Waals surface area contributed by atoms with Crippen LogP contribution >= 0.6 is 0 Å². The van der Waals surface area contributed by atoms with Crippen molar-refractivity contribution in [3.05, 3.63) is 12.2 Å². The predicted molar refractivity (Wildman–Crippen MR) is 64.1 cm³/mol. The molecule has 0 amide bonds. The van der Waals surface area contributed by atoms with Crippen LogP contribution in [0.3, 0.4) is 0 Å². The van der Waals surface area contributed by atoms with Crippen molar-refractivity contribution in [1.82, 2.24) is 0 Å². The van der Waals surface area contributed by atoms with Crippen LogP contribution in [-0.4, -0.2) is 12.1 Å². The average molecular weight is 222 g/mol. The Kier molecular flexibility index (Phi) is 4.03. The summed E-state index contributed by atoms with van der Waals surface area (Å²) >= 11 is 0. The maximum Gasteiger partial charge on any atom is 0.313 e. The van der Waals surface area contributed by atoms with Crippen LogP contribution in [0.4, 0.5) is 0 Å². The van der Waals surface area contributed by atoms with Crippen molar-refractivity contribution in [2.45, 2.75) is 63.9 Å². The fourth-order valence-electron chi connectivity index (χ4n) is 2.79. The summed E-state index contributed by atoms with van der Waals surface area (Å²) in [7, 11) is 0. The molecule has 2 fully saturated rings. The van der Waals surface area contributed by atoms with Gasteiger partial charge in [0.1, 0.15) is 6.10 Å². The first-order valence-electron chi connectivity index (χ1n) is 6.65. The Morgan fingerprint density at radius 1 is 1.06 bits per heavy atom. The summed E-state index contributed by atoms with van der Waals surface area (Å²) in [4.78, 5) is 12.0. The minimum Gasteiger partial charge on any atom is -0.462 e. The van der Waals surface area contributed by atoms with E-state index in [4.69, 9.17) is 4.74 Å². The fourth-order valence-corrected chi connectivity index (χ4v) is 2.79. The van der Waals surface area contributed by atoms with E-state index in [0.717, 1.165) is 37.7 Å². The number of ether oxygens (including phenoxy) is 1. The van der Waals surface area contributed by atoms with Gasteiger partial charge in [-0.25, -0.2) is 0 Å². The van der Waals surface area contributed by atoms with Crippen LogP contribution < -0.4 is 0 Å². The normalized spacial score (nSPS) is 27.8. The molecule has 0 radical (unpaired) electrons. The van der Waals surface area contributed by atoms with Gasteiger partial charge in [-0.1, -0.05) is 25.0 Å². The Hall–Kier alpha value is -0.790. The molecule has 0 aromatic rings. The van der Waals surface area contributed by atoms with Crippen molar-refractivity contribution in [3.8, 4) is 0 Å². The lowest BCUT2D eigenvalue weighted by molar-refractivity contribution is -0.154. The third-order valence-electron chi connectivity index (χ3n) is 3.85. The van der Waals surface area contributed by atoms with Gasteiger partial charge >= 0.3 is 5.97 Å². The van der Waals surface area contributed by atoms with Crippen molar-refractivity contribution >= 4 is 5.97 Å². The van der Waals surface area contributed by atoms with E-state index in [0.29, 0.717) is 0 Å². The zero-order chi connectivity index (χ0) is 11.4. The topological polar surface area (TPSA) is 26.3 Å². The highest BCUT2D eigenvalue weighted by molar-refractivity contribution is 5.76. The lowest BCUT2D eigenvalue weighted by atomic mass is 9.85. The van der Waals surface area contributed by atoms with Gasteiger partial charge in [-0.05, 0) is 44.9 Å². The highest BCUT2D eigenvalue weighted by atomic mass is 16.5. The monoisotopic (exact) mass is 222 g/mol. The Morgan fingerprint density at radius 2 is 1.75 bits per heavy atom. The summed E-state index contributed by atoms with van der Waals surface area (Å²) < 4.78 is 5.60. The molecule has 1 atom stereocenters. The van der Waals surface area contributed by atoms with Gasteiger partial charge in [0.15, 0.2) is 0 Å². The number of carbonyl (C=O) groups is 1. The Morgan fingerprint density at radius 3 is 2.44 bits per heavy atom. The van der Waals surface area contributed by atoms with E-state index in [1.54, 1.807) is 0 Å². The molecule has 0 spiro atoms. The van der Waals surface area contributed by atoms with Gasteiger partial charge in [0.2, 0.25) is 0 Å². The summed E-state index contributed by atoms with van der Waals surface area (Å²) in [5.74, 6) is -0.00715. The molecule has 0 aromatic carbocycles. The number of esters is 1. The zero-order valence-electron chi connectivity index (χ0n) is 10.0. The van der Waals surface area contributed by atoms with Gasteiger partial charge in [-0.3, -0.25) is 4.79 Å². The average Bonchev–Trinajstić information content (AvgIpc) is 2.31. The molecule has 2 aliphatic rings. The molecule has 0 aliphatic heterocycles. The molecule has 2 aliphatic carbocycles. The van der Waals surface area contributed by atoms with Crippen LogP contribution in [-0.2, 0) is 9.53 Å². The summed E-state index contributed by atoms with van der Waals surface area (Å²) in [6.45, 7) is 4.01. The van der Waals surface area contributed by atoms with Crippen molar-refractivity contribution in [2.75, 3.05) is 0 Å².